The number of carbonyl (C=O) groups excluding carboxylic acids is 1. The number of nitrogens with one attached hydrogen (secondary N) is 2. The number of aromatic nitrogens is 1. The van der Waals surface area contributed by atoms with Crippen LogP contribution in [0.4, 0.5) is 5.13 Å². The minimum absolute atomic E-state index is 0.0841. The lowest BCUT2D eigenvalue weighted by Crippen LogP contribution is -2.28. The molecule has 0 spiro atoms. The Balaban J connectivity index is 1.60. The van der Waals surface area contributed by atoms with Crippen LogP contribution in [-0.2, 0) is 21.2 Å². The van der Waals surface area contributed by atoms with Gasteiger partial charge in [0.05, 0.1) is 23.1 Å². The fourth-order valence-electron chi connectivity index (χ4n) is 2.49. The van der Waals surface area contributed by atoms with Crippen molar-refractivity contribution in [2.75, 3.05) is 4.72 Å². The molecule has 1 aromatic heterocycles. The second-order valence-corrected chi connectivity index (χ2v) is 8.48. The van der Waals surface area contributed by atoms with E-state index in [1.807, 2.05) is 37.3 Å². The van der Waals surface area contributed by atoms with Gasteiger partial charge in [0.2, 0.25) is 5.91 Å². The van der Waals surface area contributed by atoms with E-state index in [9.17, 15) is 13.2 Å². The molecule has 1 amide bonds. The third kappa shape index (κ3) is 5.15. The molecule has 1 heterocycles. The van der Waals surface area contributed by atoms with Gasteiger partial charge in [-0.3, -0.25) is 9.52 Å². The van der Waals surface area contributed by atoms with Crippen LogP contribution in [0.5, 0.6) is 0 Å². The molecule has 0 radical (unpaired) electrons. The normalized spacial score (nSPS) is 12.3. The van der Waals surface area contributed by atoms with Crippen molar-refractivity contribution >= 4 is 32.4 Å². The zero-order chi connectivity index (χ0) is 19.3. The van der Waals surface area contributed by atoms with Crippen LogP contribution in [0, 0.1) is 0 Å². The van der Waals surface area contributed by atoms with Crippen molar-refractivity contribution < 1.29 is 13.2 Å². The Labute approximate surface area is 162 Å². The monoisotopic (exact) mass is 401 g/mol. The van der Waals surface area contributed by atoms with E-state index in [2.05, 4.69) is 15.0 Å². The van der Waals surface area contributed by atoms with E-state index in [0.29, 0.717) is 5.69 Å². The standard InChI is InChI=1S/C19H19N3O3S2/c1-14(15-8-4-2-5-9-15)20-18(23)12-16-13-26-19(21-16)22-27(24,25)17-10-6-3-7-11-17/h2-11,13-14H,12H2,1H3,(H,20,23)(H,21,22). The maximum absolute atomic E-state index is 12.3. The summed E-state index contributed by atoms with van der Waals surface area (Å²) in [5.41, 5.74) is 1.53. The molecule has 27 heavy (non-hydrogen) atoms. The van der Waals surface area contributed by atoms with Crippen LogP contribution in [0.25, 0.3) is 0 Å². The Bertz CT molecular complexity index is 1000. The van der Waals surface area contributed by atoms with E-state index in [4.69, 9.17) is 0 Å². The van der Waals surface area contributed by atoms with Crippen molar-refractivity contribution in [2.24, 2.45) is 0 Å². The number of carbonyl (C=O) groups is 1. The Morgan fingerprint density at radius 2 is 1.70 bits per heavy atom. The van der Waals surface area contributed by atoms with Gasteiger partial charge >= 0.3 is 0 Å². The van der Waals surface area contributed by atoms with E-state index in [0.717, 1.165) is 16.9 Å². The first-order valence-corrected chi connectivity index (χ1v) is 10.7. The van der Waals surface area contributed by atoms with Crippen LogP contribution in [0.15, 0.2) is 70.9 Å². The molecule has 3 rings (SSSR count). The molecule has 140 valence electrons. The van der Waals surface area contributed by atoms with Crippen molar-refractivity contribution in [3.63, 3.8) is 0 Å². The topological polar surface area (TPSA) is 88.2 Å². The maximum atomic E-state index is 12.3. The summed E-state index contributed by atoms with van der Waals surface area (Å²) >= 11 is 1.15. The minimum Gasteiger partial charge on any atom is -0.349 e. The number of thiazole rings is 1. The number of amides is 1. The molecule has 0 saturated carbocycles. The van der Waals surface area contributed by atoms with Gasteiger partial charge < -0.3 is 5.32 Å². The zero-order valence-corrected chi connectivity index (χ0v) is 16.3. The number of anilines is 1. The number of nitrogens with zero attached hydrogens (tertiary/aromatic N) is 1. The van der Waals surface area contributed by atoms with Gasteiger partial charge in [-0.05, 0) is 24.6 Å². The Morgan fingerprint density at radius 1 is 1.07 bits per heavy atom. The predicted molar refractivity (Wildman–Crippen MR) is 106 cm³/mol. The van der Waals surface area contributed by atoms with Crippen LogP contribution in [0.2, 0.25) is 0 Å². The summed E-state index contributed by atoms with van der Waals surface area (Å²) in [5.74, 6) is -0.172. The number of sulfonamides is 1. The second-order valence-electron chi connectivity index (χ2n) is 5.94. The number of rotatable bonds is 7. The third-order valence-corrected chi connectivity index (χ3v) is 6.14. The Kier molecular flexibility index (Phi) is 5.88. The van der Waals surface area contributed by atoms with E-state index in [-0.39, 0.29) is 28.4 Å². The lowest BCUT2D eigenvalue weighted by Gasteiger charge is -2.13. The van der Waals surface area contributed by atoms with Crippen LogP contribution in [0.3, 0.4) is 0 Å². The number of hydrogen-bond donors (Lipinski definition) is 2. The zero-order valence-electron chi connectivity index (χ0n) is 14.6. The summed E-state index contributed by atoms with van der Waals surface area (Å²) in [6.07, 6.45) is 0.0841. The molecule has 2 N–H and O–H groups in total. The quantitative estimate of drug-likeness (QED) is 0.635. The summed E-state index contributed by atoms with van der Waals surface area (Å²) < 4.78 is 27.1. The molecule has 0 bridgehead atoms. The van der Waals surface area contributed by atoms with Gasteiger partial charge in [-0.1, -0.05) is 48.5 Å². The molecule has 0 saturated heterocycles. The van der Waals surface area contributed by atoms with Crippen molar-refractivity contribution in [3.8, 4) is 0 Å². The van der Waals surface area contributed by atoms with Gasteiger partial charge in [-0.25, -0.2) is 13.4 Å². The highest BCUT2D eigenvalue weighted by Crippen LogP contribution is 2.20. The van der Waals surface area contributed by atoms with Gasteiger partial charge in [0.25, 0.3) is 10.0 Å². The lowest BCUT2D eigenvalue weighted by molar-refractivity contribution is -0.121. The average molecular weight is 402 g/mol. The predicted octanol–water partition coefficient (Wildman–Crippen LogP) is 3.36. The van der Waals surface area contributed by atoms with E-state index >= 15 is 0 Å². The fourth-order valence-corrected chi connectivity index (χ4v) is 4.47. The molecule has 0 fully saturated rings. The first-order chi connectivity index (χ1) is 12.9. The van der Waals surface area contributed by atoms with E-state index in [1.54, 1.807) is 23.6 Å². The Hall–Kier alpha value is -2.71. The lowest BCUT2D eigenvalue weighted by atomic mass is 10.1. The average Bonchev–Trinajstić information content (AvgIpc) is 3.09. The molecule has 0 aliphatic heterocycles. The summed E-state index contributed by atoms with van der Waals surface area (Å²) in [7, 11) is -3.69. The highest BCUT2D eigenvalue weighted by molar-refractivity contribution is 7.93. The molecule has 0 aliphatic rings. The molecular weight excluding hydrogens is 382 g/mol. The van der Waals surface area contributed by atoms with Gasteiger partial charge in [0.15, 0.2) is 5.13 Å². The summed E-state index contributed by atoms with van der Waals surface area (Å²) in [6.45, 7) is 1.91. The first-order valence-electron chi connectivity index (χ1n) is 8.30. The van der Waals surface area contributed by atoms with Gasteiger partial charge in [0.1, 0.15) is 0 Å². The van der Waals surface area contributed by atoms with Gasteiger partial charge in [0, 0.05) is 5.38 Å². The summed E-state index contributed by atoms with van der Waals surface area (Å²) in [5, 5.41) is 4.83. The second kappa shape index (κ2) is 8.32. The Morgan fingerprint density at radius 3 is 2.37 bits per heavy atom. The van der Waals surface area contributed by atoms with Crippen molar-refractivity contribution in [3.05, 3.63) is 77.3 Å². The van der Waals surface area contributed by atoms with Crippen LogP contribution >= 0.6 is 11.3 Å². The fraction of sp³-hybridized carbons (Fsp3) is 0.158. The van der Waals surface area contributed by atoms with Crippen molar-refractivity contribution in [1.82, 2.24) is 10.3 Å². The molecule has 6 nitrogen and oxygen atoms in total. The van der Waals surface area contributed by atoms with E-state index < -0.39 is 10.0 Å². The van der Waals surface area contributed by atoms with Crippen LogP contribution in [-0.4, -0.2) is 19.3 Å². The molecule has 8 heteroatoms. The maximum Gasteiger partial charge on any atom is 0.263 e. The van der Waals surface area contributed by atoms with Gasteiger partial charge in [-0.2, -0.15) is 0 Å². The highest BCUT2D eigenvalue weighted by atomic mass is 32.2. The minimum atomic E-state index is -3.69. The largest absolute Gasteiger partial charge is 0.349 e. The molecular formula is C19H19N3O3S2. The summed E-state index contributed by atoms with van der Waals surface area (Å²) in [6, 6.07) is 17.6. The van der Waals surface area contributed by atoms with Crippen molar-refractivity contribution in [1.29, 1.82) is 0 Å². The number of benzene rings is 2. The molecule has 1 atom stereocenters. The van der Waals surface area contributed by atoms with Gasteiger partial charge in [-0.15, -0.1) is 11.3 Å². The smallest absolute Gasteiger partial charge is 0.263 e. The first kappa shape index (κ1) is 19.1. The van der Waals surface area contributed by atoms with Crippen molar-refractivity contribution in [2.45, 2.75) is 24.3 Å². The highest BCUT2D eigenvalue weighted by Gasteiger charge is 2.17. The molecule has 1 unspecified atom stereocenters. The van der Waals surface area contributed by atoms with Crippen LogP contribution in [0.1, 0.15) is 24.2 Å². The summed E-state index contributed by atoms with van der Waals surface area (Å²) in [4.78, 5) is 16.6. The third-order valence-electron chi connectivity index (χ3n) is 3.85. The molecule has 2 aromatic carbocycles. The number of hydrogen-bond acceptors (Lipinski definition) is 5. The van der Waals surface area contributed by atoms with E-state index in [1.165, 1.54) is 12.1 Å². The molecule has 3 aromatic rings. The SMILES string of the molecule is CC(NC(=O)Cc1csc(NS(=O)(=O)c2ccccc2)n1)c1ccccc1. The molecule has 0 aliphatic carbocycles. The van der Waals surface area contributed by atoms with Crippen LogP contribution < -0.4 is 10.0 Å².